The van der Waals surface area contributed by atoms with Gasteiger partial charge in [0.1, 0.15) is 4.90 Å². The average Bonchev–Trinajstić information content (AvgIpc) is 3.20. The first kappa shape index (κ1) is 20.3. The van der Waals surface area contributed by atoms with Gasteiger partial charge >= 0.3 is 5.97 Å². The van der Waals surface area contributed by atoms with Crippen molar-refractivity contribution in [3.8, 4) is 0 Å². The number of nitrogens with one attached hydrogen (secondary N) is 2. The molecule has 0 spiro atoms. The molecule has 1 fully saturated rings. The van der Waals surface area contributed by atoms with Gasteiger partial charge in [0, 0.05) is 19.7 Å². The number of carboxylic acid groups (broad SMARTS) is 1. The highest BCUT2D eigenvalue weighted by atomic mass is 32.2. The Kier molecular flexibility index (Phi) is 6.66. The maximum absolute atomic E-state index is 12.8. The number of benzene rings is 2. The SMILES string of the molecule is O=C(O)c1ccc(NCC2CCCO2)c(S(=O)(=O)NCCc2ccccc2)c1. The zero-order valence-electron chi connectivity index (χ0n) is 15.4. The molecule has 8 heteroatoms. The molecule has 150 valence electrons. The highest BCUT2D eigenvalue weighted by molar-refractivity contribution is 7.89. The number of aromatic carboxylic acids is 1. The van der Waals surface area contributed by atoms with Crippen LogP contribution in [0.25, 0.3) is 0 Å². The van der Waals surface area contributed by atoms with Crippen molar-refractivity contribution in [1.29, 1.82) is 0 Å². The summed E-state index contributed by atoms with van der Waals surface area (Å²) < 4.78 is 33.8. The summed E-state index contributed by atoms with van der Waals surface area (Å²) in [6.45, 7) is 1.39. The summed E-state index contributed by atoms with van der Waals surface area (Å²) in [6.07, 6.45) is 2.46. The van der Waals surface area contributed by atoms with Crippen LogP contribution in [0.15, 0.2) is 53.4 Å². The molecule has 28 heavy (non-hydrogen) atoms. The smallest absolute Gasteiger partial charge is 0.335 e. The monoisotopic (exact) mass is 404 g/mol. The number of hydrogen-bond donors (Lipinski definition) is 3. The summed E-state index contributed by atoms with van der Waals surface area (Å²) in [5.41, 5.74) is 1.31. The summed E-state index contributed by atoms with van der Waals surface area (Å²) in [5.74, 6) is -1.17. The first-order chi connectivity index (χ1) is 13.5. The number of ether oxygens (including phenoxy) is 1. The standard InChI is InChI=1S/C20H24N2O5S/c23-20(24)16-8-9-18(21-14-17-7-4-12-27-17)19(13-16)28(25,26)22-11-10-15-5-2-1-3-6-15/h1-3,5-6,8-9,13,17,21-22H,4,7,10-12,14H2,(H,23,24). The summed E-state index contributed by atoms with van der Waals surface area (Å²) in [4.78, 5) is 11.2. The maximum atomic E-state index is 12.8. The number of carboxylic acids is 1. The fourth-order valence-electron chi connectivity index (χ4n) is 3.11. The van der Waals surface area contributed by atoms with E-state index in [1.165, 1.54) is 18.2 Å². The van der Waals surface area contributed by atoms with Crippen LogP contribution in [0.2, 0.25) is 0 Å². The van der Waals surface area contributed by atoms with E-state index in [0.717, 1.165) is 18.4 Å². The summed E-state index contributed by atoms with van der Waals surface area (Å²) in [5, 5.41) is 12.3. The quantitative estimate of drug-likeness (QED) is 0.593. The van der Waals surface area contributed by atoms with Crippen LogP contribution in [0.1, 0.15) is 28.8 Å². The van der Waals surface area contributed by atoms with Crippen LogP contribution < -0.4 is 10.0 Å². The molecule has 1 aliphatic heterocycles. The third-order valence-electron chi connectivity index (χ3n) is 4.61. The largest absolute Gasteiger partial charge is 0.478 e. The Morgan fingerprint density at radius 3 is 2.64 bits per heavy atom. The van der Waals surface area contributed by atoms with Crippen LogP contribution >= 0.6 is 0 Å². The van der Waals surface area contributed by atoms with Crippen molar-refractivity contribution in [3.05, 3.63) is 59.7 Å². The predicted octanol–water partition coefficient (Wildman–Crippen LogP) is 2.50. The molecule has 1 unspecified atom stereocenters. The molecule has 1 saturated heterocycles. The molecule has 0 aromatic heterocycles. The highest BCUT2D eigenvalue weighted by Gasteiger charge is 2.22. The van der Waals surface area contributed by atoms with E-state index in [0.29, 0.717) is 25.3 Å². The van der Waals surface area contributed by atoms with E-state index < -0.39 is 16.0 Å². The Bertz CT molecular complexity index is 909. The molecule has 7 nitrogen and oxygen atoms in total. The number of anilines is 1. The van der Waals surface area contributed by atoms with Gasteiger partial charge in [0.25, 0.3) is 0 Å². The second-order valence-electron chi connectivity index (χ2n) is 6.67. The molecule has 0 bridgehead atoms. The normalized spacial score (nSPS) is 16.8. The molecule has 3 rings (SSSR count). The first-order valence-electron chi connectivity index (χ1n) is 9.22. The summed E-state index contributed by atoms with van der Waals surface area (Å²) in [6, 6.07) is 13.6. The number of hydrogen-bond acceptors (Lipinski definition) is 5. The second kappa shape index (κ2) is 9.18. The van der Waals surface area contributed by atoms with Crippen LogP contribution in [-0.4, -0.2) is 45.3 Å². The Morgan fingerprint density at radius 1 is 1.18 bits per heavy atom. The molecule has 0 saturated carbocycles. The van der Waals surface area contributed by atoms with Crippen molar-refractivity contribution in [2.45, 2.75) is 30.3 Å². The van der Waals surface area contributed by atoms with Gasteiger partial charge in [-0.15, -0.1) is 0 Å². The first-order valence-corrected chi connectivity index (χ1v) is 10.7. The van der Waals surface area contributed by atoms with E-state index in [1.54, 1.807) is 0 Å². The van der Waals surface area contributed by atoms with Crippen molar-refractivity contribution < 1.29 is 23.1 Å². The Labute approximate surface area is 164 Å². The van der Waals surface area contributed by atoms with Gasteiger partial charge in [-0.1, -0.05) is 30.3 Å². The molecular weight excluding hydrogens is 380 g/mol. The van der Waals surface area contributed by atoms with Gasteiger partial charge in [-0.2, -0.15) is 0 Å². The van der Waals surface area contributed by atoms with Crippen molar-refractivity contribution in [2.75, 3.05) is 25.0 Å². The van der Waals surface area contributed by atoms with Gasteiger partial charge in [0.05, 0.1) is 17.4 Å². The van der Waals surface area contributed by atoms with E-state index in [1.807, 2.05) is 30.3 Å². The van der Waals surface area contributed by atoms with Crippen molar-refractivity contribution >= 4 is 21.7 Å². The topological polar surface area (TPSA) is 105 Å². The lowest BCUT2D eigenvalue weighted by Gasteiger charge is -2.16. The summed E-state index contributed by atoms with van der Waals surface area (Å²) >= 11 is 0. The van der Waals surface area contributed by atoms with E-state index in [9.17, 15) is 18.3 Å². The molecule has 1 aliphatic rings. The van der Waals surface area contributed by atoms with Gasteiger partial charge in [-0.3, -0.25) is 0 Å². The van der Waals surface area contributed by atoms with Gasteiger partial charge in [0.15, 0.2) is 0 Å². The lowest BCUT2D eigenvalue weighted by molar-refractivity contribution is 0.0696. The van der Waals surface area contributed by atoms with Crippen LogP contribution in [0.5, 0.6) is 0 Å². The molecular formula is C20H24N2O5S. The third-order valence-corrected chi connectivity index (χ3v) is 6.11. The average molecular weight is 404 g/mol. The van der Waals surface area contributed by atoms with Gasteiger partial charge < -0.3 is 15.2 Å². The number of rotatable bonds is 9. The van der Waals surface area contributed by atoms with Gasteiger partial charge in [-0.25, -0.2) is 17.9 Å². The fraction of sp³-hybridized carbons (Fsp3) is 0.350. The minimum absolute atomic E-state index is 0.0285. The van der Waals surface area contributed by atoms with E-state index in [2.05, 4.69) is 10.0 Å². The van der Waals surface area contributed by atoms with Gasteiger partial charge in [0.2, 0.25) is 10.0 Å². The van der Waals surface area contributed by atoms with E-state index in [-0.39, 0.29) is 23.1 Å². The lowest BCUT2D eigenvalue weighted by Crippen LogP contribution is -2.28. The molecule has 2 aromatic rings. The van der Waals surface area contributed by atoms with Crippen LogP contribution in [0.4, 0.5) is 5.69 Å². The van der Waals surface area contributed by atoms with Crippen molar-refractivity contribution in [2.24, 2.45) is 0 Å². The number of carbonyl (C=O) groups is 1. The predicted molar refractivity (Wildman–Crippen MR) is 106 cm³/mol. The minimum atomic E-state index is -3.88. The Hall–Kier alpha value is -2.42. The van der Waals surface area contributed by atoms with Crippen LogP contribution in [-0.2, 0) is 21.2 Å². The zero-order chi connectivity index (χ0) is 20.0. The Morgan fingerprint density at radius 2 is 1.96 bits per heavy atom. The lowest BCUT2D eigenvalue weighted by atomic mass is 10.2. The van der Waals surface area contributed by atoms with Crippen LogP contribution in [0, 0.1) is 0 Å². The molecule has 1 heterocycles. The second-order valence-corrected chi connectivity index (χ2v) is 8.40. The molecule has 0 amide bonds. The zero-order valence-corrected chi connectivity index (χ0v) is 16.2. The van der Waals surface area contributed by atoms with E-state index >= 15 is 0 Å². The summed E-state index contributed by atoms with van der Waals surface area (Å²) in [7, 11) is -3.88. The molecule has 0 radical (unpaired) electrons. The minimum Gasteiger partial charge on any atom is -0.478 e. The van der Waals surface area contributed by atoms with Crippen LogP contribution in [0.3, 0.4) is 0 Å². The van der Waals surface area contributed by atoms with Crippen molar-refractivity contribution in [3.63, 3.8) is 0 Å². The highest BCUT2D eigenvalue weighted by Crippen LogP contribution is 2.24. The molecule has 2 aromatic carbocycles. The van der Waals surface area contributed by atoms with Crippen molar-refractivity contribution in [1.82, 2.24) is 4.72 Å². The van der Waals surface area contributed by atoms with Gasteiger partial charge in [-0.05, 0) is 43.0 Å². The number of sulfonamides is 1. The molecule has 3 N–H and O–H groups in total. The fourth-order valence-corrected chi connectivity index (χ4v) is 4.34. The molecule has 1 atom stereocenters. The van der Waals surface area contributed by atoms with E-state index in [4.69, 9.17) is 4.74 Å². The maximum Gasteiger partial charge on any atom is 0.335 e. The Balaban J connectivity index is 1.75. The molecule has 0 aliphatic carbocycles. The third kappa shape index (κ3) is 5.31.